The van der Waals surface area contributed by atoms with Gasteiger partial charge in [0.1, 0.15) is 21.3 Å². The monoisotopic (exact) mass is 938 g/mol. The van der Waals surface area contributed by atoms with Gasteiger partial charge in [-0.2, -0.15) is 25.4 Å². The van der Waals surface area contributed by atoms with Gasteiger partial charge < -0.3 is 29.6 Å². The molecule has 2 heterocycles. The van der Waals surface area contributed by atoms with E-state index in [2.05, 4.69) is 10.6 Å². The van der Waals surface area contributed by atoms with Crippen LogP contribution in [0.4, 0.5) is 11.4 Å². The second-order valence-corrected chi connectivity index (χ2v) is 20.4. The van der Waals surface area contributed by atoms with Crippen LogP contribution in [0, 0.1) is 0 Å². The Morgan fingerprint density at radius 1 is 0.548 bits per heavy atom. The molecule has 6 rings (SSSR count). The summed E-state index contributed by atoms with van der Waals surface area (Å²) in [6.07, 6.45) is -0.434. The number of anilines is 2. The fourth-order valence-corrected chi connectivity index (χ4v) is 11.5. The number of hydrogen-bond donors (Lipinski definition) is 4. The van der Waals surface area contributed by atoms with Gasteiger partial charge in [0, 0.05) is 48.7 Å². The second kappa shape index (κ2) is 18.8. The first-order chi connectivity index (χ1) is 29.2. The van der Waals surface area contributed by atoms with Crippen LogP contribution in [0.25, 0.3) is 0 Å². The third-order valence-electron chi connectivity index (χ3n) is 9.90. The number of nitrogens with one attached hydrogen (secondary N) is 2. The summed E-state index contributed by atoms with van der Waals surface area (Å²) in [4.78, 5) is 24.9. The highest BCUT2D eigenvalue weighted by molar-refractivity contribution is 7.89. The lowest BCUT2D eigenvalue weighted by atomic mass is 10.0. The molecule has 24 heteroatoms. The quantitative estimate of drug-likeness (QED) is 0.125. The number of benzene rings is 4. The van der Waals surface area contributed by atoms with Crippen LogP contribution in [0.15, 0.2) is 92.4 Å². The highest BCUT2D eigenvalue weighted by atomic mass is 32.2. The zero-order chi connectivity index (χ0) is 45.0. The maximum atomic E-state index is 13.4. The minimum Gasteiger partial charge on any atom is -0.495 e. The number of aryl methyl sites for hydroxylation is 2. The summed E-state index contributed by atoms with van der Waals surface area (Å²) >= 11 is 0. The zero-order valence-corrected chi connectivity index (χ0v) is 36.4. The van der Waals surface area contributed by atoms with Gasteiger partial charge in [-0.05, 0) is 84.6 Å². The molecule has 62 heavy (non-hydrogen) atoms. The average molecular weight is 939 g/mol. The van der Waals surface area contributed by atoms with Crippen molar-refractivity contribution >= 4 is 63.5 Å². The largest absolute Gasteiger partial charge is 0.495 e. The van der Waals surface area contributed by atoms with Crippen LogP contribution in [0.5, 0.6) is 11.5 Å². The number of carbonyl (C=O) groups excluding carboxylic acids is 2. The second-order valence-electron chi connectivity index (χ2n) is 13.8. The molecule has 20 nitrogen and oxygen atoms in total. The van der Waals surface area contributed by atoms with Crippen LogP contribution in [-0.2, 0) is 62.6 Å². The van der Waals surface area contributed by atoms with Gasteiger partial charge in [0.25, 0.3) is 32.1 Å². The number of hydrogen-bond acceptors (Lipinski definition) is 14. The van der Waals surface area contributed by atoms with Crippen molar-refractivity contribution in [1.82, 2.24) is 8.61 Å². The number of morpholine rings is 2. The Labute approximate surface area is 358 Å². The van der Waals surface area contributed by atoms with Gasteiger partial charge >= 0.3 is 0 Å². The summed E-state index contributed by atoms with van der Waals surface area (Å²) in [5, 5.41) is 4.98. The number of amides is 2. The van der Waals surface area contributed by atoms with Gasteiger partial charge in [-0.1, -0.05) is 12.1 Å². The molecule has 334 valence electrons. The van der Waals surface area contributed by atoms with Crippen molar-refractivity contribution in [3.63, 3.8) is 0 Å². The maximum absolute atomic E-state index is 13.4. The van der Waals surface area contributed by atoms with Gasteiger partial charge in [-0.3, -0.25) is 18.7 Å². The number of nitrogens with zero attached hydrogens (tertiary/aromatic N) is 2. The minimum atomic E-state index is -4.95. The molecule has 0 unspecified atom stereocenters. The van der Waals surface area contributed by atoms with Crippen LogP contribution in [-0.4, -0.2) is 130 Å². The van der Waals surface area contributed by atoms with Crippen LogP contribution in [0.2, 0.25) is 0 Å². The van der Waals surface area contributed by atoms with Crippen LogP contribution < -0.4 is 20.1 Å². The summed E-state index contributed by atoms with van der Waals surface area (Å²) < 4.78 is 148. The van der Waals surface area contributed by atoms with Crippen molar-refractivity contribution in [3.8, 4) is 11.5 Å². The third kappa shape index (κ3) is 10.4. The van der Waals surface area contributed by atoms with E-state index in [1.54, 1.807) is 0 Å². The average Bonchev–Trinajstić information content (AvgIpc) is 3.25. The SMILES string of the molecule is COc1ccc(C(=O)Nc2ccc(CCc3ccc(NC(=O)c4ccc(OC)c(S(=O)(=O)N5CCOCC5)c4)cc3S(=O)(=O)O)c(S(=O)(=O)O)c2)cc1S(=O)(=O)N1CCOCC1. The Morgan fingerprint density at radius 2 is 0.903 bits per heavy atom. The normalized spacial score (nSPS) is 15.7. The number of sulfonamides is 2. The fraction of sp³-hybridized carbons (Fsp3) is 0.316. The first-order valence-electron chi connectivity index (χ1n) is 18.6. The summed E-state index contributed by atoms with van der Waals surface area (Å²) in [6, 6.07) is 14.6. The molecule has 2 aliphatic heterocycles. The van der Waals surface area contributed by atoms with Crippen molar-refractivity contribution in [3.05, 3.63) is 95.1 Å². The van der Waals surface area contributed by atoms with E-state index in [1.165, 1.54) is 71.4 Å². The number of methoxy groups -OCH3 is 2. The number of carbonyl (C=O) groups is 2. The summed E-state index contributed by atoms with van der Waals surface area (Å²) in [5.74, 6) is -1.67. The topological polar surface area (TPSA) is 279 Å². The Morgan fingerprint density at radius 3 is 1.23 bits per heavy atom. The molecular formula is C38H42N4O16S4. The highest BCUT2D eigenvalue weighted by Gasteiger charge is 2.32. The Balaban J connectivity index is 1.20. The lowest BCUT2D eigenvalue weighted by molar-refractivity contribution is 0.0729. The van der Waals surface area contributed by atoms with E-state index < -0.39 is 61.9 Å². The van der Waals surface area contributed by atoms with Gasteiger partial charge in [0.15, 0.2) is 0 Å². The van der Waals surface area contributed by atoms with E-state index >= 15 is 0 Å². The predicted molar refractivity (Wildman–Crippen MR) is 221 cm³/mol. The maximum Gasteiger partial charge on any atom is 0.294 e. The van der Waals surface area contributed by atoms with Gasteiger partial charge in [0.05, 0.1) is 50.4 Å². The molecule has 4 N–H and O–H groups in total. The van der Waals surface area contributed by atoms with Crippen molar-refractivity contribution in [2.45, 2.75) is 32.4 Å². The number of ether oxygens (including phenoxy) is 4. The fourth-order valence-electron chi connectivity index (χ4n) is 6.72. The molecule has 4 aromatic carbocycles. The number of rotatable bonds is 15. The molecule has 0 aliphatic carbocycles. The van der Waals surface area contributed by atoms with Gasteiger partial charge in [0.2, 0.25) is 20.0 Å². The molecule has 0 atom stereocenters. The van der Waals surface area contributed by atoms with Crippen LogP contribution in [0.3, 0.4) is 0 Å². The minimum absolute atomic E-state index is 0.00477. The molecule has 4 aromatic rings. The van der Waals surface area contributed by atoms with Crippen molar-refractivity contribution < 1.29 is 71.3 Å². The smallest absolute Gasteiger partial charge is 0.294 e. The van der Waals surface area contributed by atoms with E-state index in [1.807, 2.05) is 0 Å². The Bertz CT molecular complexity index is 2630. The first-order valence-corrected chi connectivity index (χ1v) is 24.4. The van der Waals surface area contributed by atoms with E-state index in [0.29, 0.717) is 0 Å². The van der Waals surface area contributed by atoms with E-state index in [9.17, 15) is 52.4 Å². The van der Waals surface area contributed by atoms with Crippen molar-refractivity contribution in [1.29, 1.82) is 0 Å². The molecule has 2 aliphatic rings. The molecule has 0 spiro atoms. The first kappa shape index (κ1) is 46.5. The molecule has 0 bridgehead atoms. The summed E-state index contributed by atoms with van der Waals surface area (Å²) in [7, 11) is -15.5. The van der Waals surface area contributed by atoms with Crippen molar-refractivity contribution in [2.75, 3.05) is 77.5 Å². The Kier molecular flexibility index (Phi) is 14.1. The van der Waals surface area contributed by atoms with E-state index in [4.69, 9.17) is 18.9 Å². The molecule has 2 saturated heterocycles. The molecular weight excluding hydrogens is 897 g/mol. The van der Waals surface area contributed by atoms with Crippen LogP contribution in [0.1, 0.15) is 31.8 Å². The van der Waals surface area contributed by atoms with Crippen LogP contribution >= 0.6 is 0 Å². The summed E-state index contributed by atoms with van der Waals surface area (Å²) in [5.41, 5.74) is -0.428. The van der Waals surface area contributed by atoms with Gasteiger partial charge in [-0.15, -0.1) is 0 Å². The molecule has 0 radical (unpaired) electrons. The Hall–Kier alpha value is -5.02. The lowest BCUT2D eigenvalue weighted by Gasteiger charge is -2.26. The lowest BCUT2D eigenvalue weighted by Crippen LogP contribution is -2.40. The van der Waals surface area contributed by atoms with E-state index in [-0.39, 0.29) is 120 Å². The third-order valence-corrected chi connectivity index (χ3v) is 15.6. The molecule has 0 saturated carbocycles. The highest BCUT2D eigenvalue weighted by Crippen LogP contribution is 2.32. The molecule has 2 fully saturated rings. The summed E-state index contributed by atoms with van der Waals surface area (Å²) in [6.45, 7) is 1.10. The van der Waals surface area contributed by atoms with Gasteiger partial charge in [-0.25, -0.2) is 16.8 Å². The standard InChI is InChI=1S/C38H42N4O16S4/c1-55-31-11-7-27(21-35(31)59(45,46)41-13-17-57-18-14-41)37(43)39-29-9-5-25(33(23-29)61(49,50)51)3-4-26-6-10-30(24-34(26)62(52,53)54)40-38(44)28-8-12-32(56-2)36(22-28)60(47,48)42-15-19-58-20-16-42/h5-12,21-24H,3-4,13-20H2,1-2H3,(H,39,43)(H,40,44)(H,49,50,51)(H,52,53,54). The molecule has 2 amide bonds. The predicted octanol–water partition coefficient (Wildman–Crippen LogP) is 2.53. The van der Waals surface area contributed by atoms with Crippen molar-refractivity contribution in [2.24, 2.45) is 0 Å². The molecule has 0 aromatic heterocycles. The van der Waals surface area contributed by atoms with E-state index in [0.717, 1.165) is 24.3 Å². The zero-order valence-electron chi connectivity index (χ0n) is 33.1.